The average molecular weight is 222 g/mol. The van der Waals surface area contributed by atoms with Gasteiger partial charge in [-0.1, -0.05) is 0 Å². The molecule has 5 heteroatoms. The largest absolute Gasteiger partial charge is 0.355 e. The van der Waals surface area contributed by atoms with Crippen molar-refractivity contribution < 1.29 is 14.0 Å². The number of rotatable bonds is 2. The van der Waals surface area contributed by atoms with Crippen molar-refractivity contribution in [1.29, 1.82) is 0 Å². The lowest BCUT2D eigenvalue weighted by Crippen LogP contribution is -2.24. The Balaban J connectivity index is 1.97. The van der Waals surface area contributed by atoms with E-state index in [1.54, 1.807) is 0 Å². The van der Waals surface area contributed by atoms with Gasteiger partial charge in [-0.05, 0) is 24.3 Å². The molecular weight excluding hydrogens is 211 g/mol. The van der Waals surface area contributed by atoms with E-state index in [1.165, 1.54) is 24.3 Å². The highest BCUT2D eigenvalue weighted by Gasteiger charge is 2.27. The third-order valence-electron chi connectivity index (χ3n) is 2.46. The number of halogens is 1. The zero-order valence-corrected chi connectivity index (χ0v) is 8.50. The molecule has 1 aromatic carbocycles. The normalized spacial score (nSPS) is 19.3. The van der Waals surface area contributed by atoms with Gasteiger partial charge in [0.15, 0.2) is 0 Å². The van der Waals surface area contributed by atoms with Crippen LogP contribution in [-0.2, 0) is 9.59 Å². The van der Waals surface area contributed by atoms with Gasteiger partial charge in [-0.2, -0.15) is 0 Å². The van der Waals surface area contributed by atoms with E-state index in [4.69, 9.17) is 0 Å². The Morgan fingerprint density at radius 1 is 1.38 bits per heavy atom. The molecule has 0 radical (unpaired) electrons. The minimum Gasteiger partial charge on any atom is -0.355 e. The van der Waals surface area contributed by atoms with Crippen LogP contribution in [0.3, 0.4) is 0 Å². The summed E-state index contributed by atoms with van der Waals surface area (Å²) in [5.74, 6) is -1.02. The molecule has 0 aliphatic carbocycles. The Hall–Kier alpha value is -1.91. The van der Waals surface area contributed by atoms with Gasteiger partial charge in [0.05, 0.1) is 5.92 Å². The first kappa shape index (κ1) is 10.6. The second-order valence-electron chi connectivity index (χ2n) is 3.70. The molecule has 0 aromatic heterocycles. The van der Waals surface area contributed by atoms with Crippen LogP contribution in [0.15, 0.2) is 24.3 Å². The van der Waals surface area contributed by atoms with Crippen LogP contribution < -0.4 is 10.6 Å². The second kappa shape index (κ2) is 4.30. The highest BCUT2D eigenvalue weighted by molar-refractivity contribution is 5.97. The van der Waals surface area contributed by atoms with Crippen molar-refractivity contribution in [3.05, 3.63) is 30.1 Å². The summed E-state index contributed by atoms with van der Waals surface area (Å²) in [5, 5.41) is 5.22. The van der Waals surface area contributed by atoms with Crippen molar-refractivity contribution in [3.63, 3.8) is 0 Å². The molecule has 1 atom stereocenters. The topological polar surface area (TPSA) is 58.2 Å². The fraction of sp³-hybridized carbons (Fsp3) is 0.273. The van der Waals surface area contributed by atoms with Crippen LogP contribution in [0, 0.1) is 11.7 Å². The Bertz CT molecular complexity index is 416. The maximum atomic E-state index is 12.6. The van der Waals surface area contributed by atoms with Crippen molar-refractivity contribution in [2.24, 2.45) is 5.92 Å². The Labute approximate surface area is 91.8 Å². The highest BCUT2D eigenvalue weighted by atomic mass is 19.1. The Morgan fingerprint density at radius 2 is 2.06 bits per heavy atom. The average Bonchev–Trinajstić information content (AvgIpc) is 2.68. The fourth-order valence-electron chi connectivity index (χ4n) is 1.57. The fourth-order valence-corrected chi connectivity index (χ4v) is 1.57. The summed E-state index contributed by atoms with van der Waals surface area (Å²) in [6.07, 6.45) is 0.215. The van der Waals surface area contributed by atoms with E-state index < -0.39 is 0 Å². The molecule has 1 saturated heterocycles. The number of carbonyl (C=O) groups is 2. The SMILES string of the molecule is O=C1CC(C(=O)Nc2ccc(F)cc2)CN1. The number of benzene rings is 1. The van der Waals surface area contributed by atoms with Crippen LogP contribution in [0.5, 0.6) is 0 Å². The summed E-state index contributed by atoms with van der Waals surface area (Å²) in [4.78, 5) is 22.6. The molecule has 2 N–H and O–H groups in total. The van der Waals surface area contributed by atoms with Crippen LogP contribution in [0.2, 0.25) is 0 Å². The maximum absolute atomic E-state index is 12.6. The van der Waals surface area contributed by atoms with Gasteiger partial charge in [0.25, 0.3) is 0 Å². The summed E-state index contributed by atoms with van der Waals surface area (Å²) in [6.45, 7) is 0.367. The molecular formula is C11H11FN2O2. The molecule has 1 fully saturated rings. The van der Waals surface area contributed by atoms with Crippen molar-refractivity contribution in [1.82, 2.24) is 5.32 Å². The monoisotopic (exact) mass is 222 g/mol. The van der Waals surface area contributed by atoms with Crippen LogP contribution in [-0.4, -0.2) is 18.4 Å². The maximum Gasteiger partial charge on any atom is 0.229 e. The Morgan fingerprint density at radius 3 is 2.62 bits per heavy atom. The molecule has 0 spiro atoms. The summed E-state index contributed by atoms with van der Waals surface area (Å²) >= 11 is 0. The molecule has 16 heavy (non-hydrogen) atoms. The standard InChI is InChI=1S/C11H11FN2O2/c12-8-1-3-9(4-2-8)14-11(16)7-5-10(15)13-6-7/h1-4,7H,5-6H2,(H,13,15)(H,14,16). The molecule has 1 aromatic rings. The first-order chi connectivity index (χ1) is 7.65. The quantitative estimate of drug-likeness (QED) is 0.781. The van der Waals surface area contributed by atoms with Crippen LogP contribution in [0.25, 0.3) is 0 Å². The molecule has 1 aliphatic heterocycles. The molecule has 0 saturated carbocycles. The predicted octanol–water partition coefficient (Wildman–Crippen LogP) is 0.900. The molecule has 2 amide bonds. The van der Waals surface area contributed by atoms with Gasteiger partial charge in [-0.25, -0.2) is 4.39 Å². The zero-order valence-electron chi connectivity index (χ0n) is 8.50. The van der Waals surface area contributed by atoms with E-state index in [9.17, 15) is 14.0 Å². The predicted molar refractivity (Wildman–Crippen MR) is 56.1 cm³/mol. The highest BCUT2D eigenvalue weighted by Crippen LogP contribution is 2.14. The van der Waals surface area contributed by atoms with Crippen molar-refractivity contribution in [2.75, 3.05) is 11.9 Å². The summed E-state index contributed by atoms with van der Waals surface area (Å²) in [6, 6.07) is 5.51. The number of nitrogens with one attached hydrogen (secondary N) is 2. The lowest BCUT2D eigenvalue weighted by atomic mass is 10.1. The molecule has 1 aliphatic rings. The van der Waals surface area contributed by atoms with E-state index in [0.717, 1.165) is 0 Å². The molecule has 0 bridgehead atoms. The van der Waals surface area contributed by atoms with Gasteiger partial charge in [0.2, 0.25) is 11.8 Å². The minimum absolute atomic E-state index is 0.112. The smallest absolute Gasteiger partial charge is 0.229 e. The van der Waals surface area contributed by atoms with Gasteiger partial charge in [-0.3, -0.25) is 9.59 Å². The van der Waals surface area contributed by atoms with Crippen LogP contribution >= 0.6 is 0 Å². The van der Waals surface area contributed by atoms with Crippen LogP contribution in [0.1, 0.15) is 6.42 Å². The molecule has 1 unspecified atom stereocenters. The van der Waals surface area contributed by atoms with Gasteiger partial charge >= 0.3 is 0 Å². The van der Waals surface area contributed by atoms with E-state index in [0.29, 0.717) is 12.2 Å². The third-order valence-corrected chi connectivity index (χ3v) is 2.46. The lowest BCUT2D eigenvalue weighted by molar-refractivity contribution is -0.123. The van der Waals surface area contributed by atoms with Gasteiger partial charge < -0.3 is 10.6 Å². The van der Waals surface area contributed by atoms with Gasteiger partial charge in [0.1, 0.15) is 5.82 Å². The Kier molecular flexibility index (Phi) is 2.85. The number of amides is 2. The summed E-state index contributed by atoms with van der Waals surface area (Å²) in [5.41, 5.74) is 0.533. The van der Waals surface area contributed by atoms with Crippen LogP contribution in [0.4, 0.5) is 10.1 Å². The number of hydrogen-bond acceptors (Lipinski definition) is 2. The van der Waals surface area contributed by atoms with E-state index >= 15 is 0 Å². The van der Waals surface area contributed by atoms with Crippen molar-refractivity contribution in [2.45, 2.75) is 6.42 Å². The van der Waals surface area contributed by atoms with E-state index in [2.05, 4.69) is 10.6 Å². The van der Waals surface area contributed by atoms with Crippen molar-refractivity contribution in [3.8, 4) is 0 Å². The summed E-state index contributed by atoms with van der Waals surface area (Å²) in [7, 11) is 0. The molecule has 4 nitrogen and oxygen atoms in total. The third kappa shape index (κ3) is 2.36. The minimum atomic E-state index is -0.351. The number of anilines is 1. The number of hydrogen-bond donors (Lipinski definition) is 2. The second-order valence-corrected chi connectivity index (χ2v) is 3.70. The first-order valence-electron chi connectivity index (χ1n) is 4.98. The molecule has 1 heterocycles. The first-order valence-corrected chi connectivity index (χ1v) is 4.98. The van der Waals surface area contributed by atoms with Gasteiger partial charge in [-0.15, -0.1) is 0 Å². The lowest BCUT2D eigenvalue weighted by Gasteiger charge is -2.08. The van der Waals surface area contributed by atoms with E-state index in [-0.39, 0.29) is 30.0 Å². The summed E-state index contributed by atoms with van der Waals surface area (Å²) < 4.78 is 12.6. The number of carbonyl (C=O) groups excluding carboxylic acids is 2. The molecule has 84 valence electrons. The molecule has 2 rings (SSSR count). The van der Waals surface area contributed by atoms with Gasteiger partial charge in [0, 0.05) is 18.7 Å². The van der Waals surface area contributed by atoms with E-state index in [1.807, 2.05) is 0 Å². The van der Waals surface area contributed by atoms with Crippen molar-refractivity contribution >= 4 is 17.5 Å². The zero-order chi connectivity index (χ0) is 11.5.